The number of anilines is 2. The Labute approximate surface area is 99.4 Å². The quantitative estimate of drug-likeness (QED) is 0.741. The van der Waals surface area contributed by atoms with Crippen LogP contribution in [0.5, 0.6) is 0 Å². The van der Waals surface area contributed by atoms with Gasteiger partial charge in [-0.2, -0.15) is 0 Å². The Morgan fingerprint density at radius 3 is 3.06 bits per heavy atom. The molecule has 1 saturated carbocycles. The standard InChI is InChI=1S/C10H15ClN4O/c11-8-9(12)14-6-15-10(8)13-3-4-16-5-7-1-2-7/h6-7H,1-5H2,(H3,12,13,14,15). The van der Waals surface area contributed by atoms with Crippen molar-refractivity contribution >= 4 is 23.2 Å². The van der Waals surface area contributed by atoms with Crippen LogP contribution in [0, 0.1) is 5.92 Å². The molecule has 0 atom stereocenters. The number of rotatable bonds is 6. The van der Waals surface area contributed by atoms with E-state index in [1.165, 1.54) is 19.2 Å². The number of hydrogen-bond acceptors (Lipinski definition) is 5. The number of nitrogen functional groups attached to an aromatic ring is 1. The molecule has 3 N–H and O–H groups in total. The van der Waals surface area contributed by atoms with Gasteiger partial charge in [-0.3, -0.25) is 0 Å². The number of nitrogens with zero attached hydrogens (tertiary/aromatic N) is 2. The van der Waals surface area contributed by atoms with Crippen LogP contribution < -0.4 is 11.1 Å². The number of nitrogens with one attached hydrogen (secondary N) is 1. The van der Waals surface area contributed by atoms with Gasteiger partial charge in [0.2, 0.25) is 0 Å². The van der Waals surface area contributed by atoms with Crippen LogP contribution in [0.1, 0.15) is 12.8 Å². The highest BCUT2D eigenvalue weighted by atomic mass is 35.5. The van der Waals surface area contributed by atoms with E-state index in [1.807, 2.05) is 0 Å². The lowest BCUT2D eigenvalue weighted by Crippen LogP contribution is -2.12. The average Bonchev–Trinajstić information content (AvgIpc) is 3.07. The summed E-state index contributed by atoms with van der Waals surface area (Å²) in [5.74, 6) is 1.64. The van der Waals surface area contributed by atoms with Gasteiger partial charge in [0, 0.05) is 13.2 Å². The van der Waals surface area contributed by atoms with E-state index in [4.69, 9.17) is 22.1 Å². The molecule has 1 aliphatic carbocycles. The van der Waals surface area contributed by atoms with Crippen LogP contribution in [0.2, 0.25) is 5.02 Å². The third-order valence-electron chi connectivity index (χ3n) is 2.41. The van der Waals surface area contributed by atoms with E-state index in [0.29, 0.717) is 24.0 Å². The summed E-state index contributed by atoms with van der Waals surface area (Å²) in [5, 5.41) is 3.43. The minimum Gasteiger partial charge on any atom is -0.382 e. The van der Waals surface area contributed by atoms with Crippen LogP contribution in [0.25, 0.3) is 0 Å². The maximum Gasteiger partial charge on any atom is 0.150 e. The molecule has 1 fully saturated rings. The van der Waals surface area contributed by atoms with Gasteiger partial charge in [0.15, 0.2) is 5.82 Å². The molecule has 0 saturated heterocycles. The fourth-order valence-corrected chi connectivity index (χ4v) is 1.45. The maximum absolute atomic E-state index is 5.91. The van der Waals surface area contributed by atoms with Crippen molar-refractivity contribution in [3.8, 4) is 0 Å². The van der Waals surface area contributed by atoms with Gasteiger partial charge in [0.25, 0.3) is 0 Å². The van der Waals surface area contributed by atoms with Gasteiger partial charge in [0.1, 0.15) is 17.2 Å². The SMILES string of the molecule is Nc1ncnc(NCCOCC2CC2)c1Cl. The highest BCUT2D eigenvalue weighted by Gasteiger charge is 2.20. The van der Waals surface area contributed by atoms with Crippen molar-refractivity contribution < 1.29 is 4.74 Å². The molecule has 0 radical (unpaired) electrons. The highest BCUT2D eigenvalue weighted by Crippen LogP contribution is 2.28. The minimum absolute atomic E-state index is 0.290. The maximum atomic E-state index is 5.91. The molecule has 16 heavy (non-hydrogen) atoms. The molecule has 1 aliphatic rings. The first-order chi connectivity index (χ1) is 7.77. The fourth-order valence-electron chi connectivity index (χ4n) is 1.28. The van der Waals surface area contributed by atoms with Gasteiger partial charge in [-0.1, -0.05) is 11.6 Å². The zero-order valence-corrected chi connectivity index (χ0v) is 9.70. The summed E-state index contributed by atoms with van der Waals surface area (Å²) in [5.41, 5.74) is 5.54. The lowest BCUT2D eigenvalue weighted by Gasteiger charge is -2.08. The van der Waals surface area contributed by atoms with Gasteiger partial charge in [0.05, 0.1) is 6.61 Å². The van der Waals surface area contributed by atoms with Gasteiger partial charge in [-0.05, 0) is 18.8 Å². The topological polar surface area (TPSA) is 73.1 Å². The summed E-state index contributed by atoms with van der Waals surface area (Å²) in [4.78, 5) is 7.77. The summed E-state index contributed by atoms with van der Waals surface area (Å²) in [6, 6.07) is 0. The van der Waals surface area contributed by atoms with Crippen molar-refractivity contribution in [2.75, 3.05) is 30.8 Å². The minimum atomic E-state index is 0.290. The molecule has 0 amide bonds. The summed E-state index contributed by atoms with van der Waals surface area (Å²) in [6.07, 6.45) is 4.00. The van der Waals surface area contributed by atoms with E-state index >= 15 is 0 Å². The van der Waals surface area contributed by atoms with Crippen molar-refractivity contribution in [3.05, 3.63) is 11.3 Å². The number of hydrogen-bond donors (Lipinski definition) is 2. The third-order valence-corrected chi connectivity index (χ3v) is 2.78. The van der Waals surface area contributed by atoms with Gasteiger partial charge in [-0.25, -0.2) is 9.97 Å². The van der Waals surface area contributed by atoms with Crippen LogP contribution in [0.4, 0.5) is 11.6 Å². The van der Waals surface area contributed by atoms with Crippen LogP contribution in [-0.4, -0.2) is 29.7 Å². The Morgan fingerprint density at radius 2 is 2.31 bits per heavy atom. The summed E-state index contributed by atoms with van der Waals surface area (Å²) in [7, 11) is 0. The molecule has 0 bridgehead atoms. The first kappa shape index (κ1) is 11.4. The van der Waals surface area contributed by atoms with Crippen molar-refractivity contribution in [1.82, 2.24) is 9.97 Å². The van der Waals surface area contributed by atoms with E-state index in [0.717, 1.165) is 12.5 Å². The first-order valence-electron chi connectivity index (χ1n) is 5.35. The number of halogens is 1. The molecule has 6 heteroatoms. The zero-order valence-electron chi connectivity index (χ0n) is 8.95. The lowest BCUT2D eigenvalue weighted by molar-refractivity contribution is 0.134. The third kappa shape index (κ3) is 3.21. The summed E-state index contributed by atoms with van der Waals surface area (Å²) in [6.45, 7) is 2.18. The predicted molar refractivity (Wildman–Crippen MR) is 63.5 cm³/mol. The Hall–Kier alpha value is -1.07. The lowest BCUT2D eigenvalue weighted by atomic mass is 10.5. The summed E-state index contributed by atoms with van der Waals surface area (Å²) < 4.78 is 5.47. The van der Waals surface area contributed by atoms with Gasteiger partial charge < -0.3 is 15.8 Å². The fraction of sp³-hybridized carbons (Fsp3) is 0.600. The van der Waals surface area contributed by atoms with Crippen LogP contribution in [0.3, 0.4) is 0 Å². The molecular formula is C10H15ClN4O. The molecule has 1 aromatic heterocycles. The highest BCUT2D eigenvalue weighted by molar-refractivity contribution is 6.35. The number of ether oxygens (including phenoxy) is 1. The molecule has 0 spiro atoms. The Balaban J connectivity index is 1.69. The predicted octanol–water partition coefficient (Wildman–Crippen LogP) is 1.55. The van der Waals surface area contributed by atoms with Crippen LogP contribution in [-0.2, 0) is 4.74 Å². The molecule has 2 rings (SSSR count). The molecule has 0 aromatic carbocycles. The number of nitrogens with two attached hydrogens (primary N) is 1. The van der Waals surface area contributed by atoms with Crippen LogP contribution >= 0.6 is 11.6 Å². The Bertz CT molecular complexity index is 357. The van der Waals surface area contributed by atoms with Crippen molar-refractivity contribution in [2.24, 2.45) is 5.92 Å². The largest absolute Gasteiger partial charge is 0.382 e. The smallest absolute Gasteiger partial charge is 0.150 e. The van der Waals surface area contributed by atoms with E-state index in [1.54, 1.807) is 0 Å². The van der Waals surface area contributed by atoms with Crippen molar-refractivity contribution in [3.63, 3.8) is 0 Å². The zero-order chi connectivity index (χ0) is 11.4. The van der Waals surface area contributed by atoms with E-state index < -0.39 is 0 Å². The summed E-state index contributed by atoms with van der Waals surface area (Å²) >= 11 is 5.91. The Morgan fingerprint density at radius 1 is 1.50 bits per heavy atom. The molecule has 1 heterocycles. The monoisotopic (exact) mass is 242 g/mol. The van der Waals surface area contributed by atoms with Crippen molar-refractivity contribution in [2.45, 2.75) is 12.8 Å². The van der Waals surface area contributed by atoms with Crippen molar-refractivity contribution in [1.29, 1.82) is 0 Å². The average molecular weight is 243 g/mol. The number of aromatic nitrogens is 2. The second-order valence-electron chi connectivity index (χ2n) is 3.87. The molecule has 0 aliphatic heterocycles. The van der Waals surface area contributed by atoms with E-state index in [2.05, 4.69) is 15.3 Å². The van der Waals surface area contributed by atoms with Crippen LogP contribution in [0.15, 0.2) is 6.33 Å². The van der Waals surface area contributed by atoms with E-state index in [9.17, 15) is 0 Å². The van der Waals surface area contributed by atoms with E-state index in [-0.39, 0.29) is 5.82 Å². The van der Waals surface area contributed by atoms with Gasteiger partial charge >= 0.3 is 0 Å². The second-order valence-corrected chi connectivity index (χ2v) is 4.24. The molecule has 0 unspecified atom stereocenters. The first-order valence-corrected chi connectivity index (χ1v) is 5.72. The normalized spacial score (nSPS) is 15.1. The Kier molecular flexibility index (Phi) is 3.79. The molecule has 1 aromatic rings. The van der Waals surface area contributed by atoms with Gasteiger partial charge in [-0.15, -0.1) is 0 Å². The molecule has 5 nitrogen and oxygen atoms in total. The molecular weight excluding hydrogens is 228 g/mol. The molecule has 88 valence electrons. The second kappa shape index (κ2) is 5.32.